The molecule has 1 aliphatic rings. The van der Waals surface area contributed by atoms with Crippen LogP contribution in [0.1, 0.15) is 27.2 Å². The summed E-state index contributed by atoms with van der Waals surface area (Å²) >= 11 is 0. The Morgan fingerprint density at radius 1 is 0.857 bits per heavy atom. The SMILES string of the molecule is COC(=O)c1ccc(-c2ccc(/C=C3\C=C(c4ccccc4)N(c4ccccc4C)C3=O)o2)cc1. The summed E-state index contributed by atoms with van der Waals surface area (Å²) in [7, 11) is 1.35. The fraction of sp³-hybridized carbons (Fsp3) is 0.0667. The van der Waals surface area contributed by atoms with E-state index in [2.05, 4.69) is 0 Å². The Bertz CT molecular complexity index is 1460. The standard InChI is InChI=1S/C30H23NO4/c1-20-8-6-7-11-26(20)31-27(21-9-4-3-5-10-21)19-24(29(31)32)18-25-16-17-28(35-25)22-12-14-23(15-13-22)30(33)34-2/h3-19H,1-2H3/b24-18+. The Morgan fingerprint density at radius 3 is 2.29 bits per heavy atom. The average molecular weight is 462 g/mol. The molecule has 0 N–H and O–H groups in total. The molecule has 35 heavy (non-hydrogen) atoms. The minimum absolute atomic E-state index is 0.112. The number of esters is 1. The van der Waals surface area contributed by atoms with Crippen molar-refractivity contribution in [1.82, 2.24) is 0 Å². The van der Waals surface area contributed by atoms with Gasteiger partial charge in [-0.25, -0.2) is 4.79 Å². The molecule has 0 saturated carbocycles. The number of amides is 1. The van der Waals surface area contributed by atoms with Crippen molar-refractivity contribution in [2.24, 2.45) is 0 Å². The van der Waals surface area contributed by atoms with Crippen molar-refractivity contribution in [2.45, 2.75) is 6.92 Å². The molecule has 0 fully saturated rings. The van der Waals surface area contributed by atoms with Gasteiger partial charge in [-0.05, 0) is 60.5 Å². The van der Waals surface area contributed by atoms with E-state index in [4.69, 9.17) is 9.15 Å². The highest BCUT2D eigenvalue weighted by Crippen LogP contribution is 2.37. The summed E-state index contributed by atoms with van der Waals surface area (Å²) in [4.78, 5) is 27.0. The molecule has 1 aromatic heterocycles. The van der Waals surface area contributed by atoms with Crippen LogP contribution in [0, 0.1) is 6.92 Å². The van der Waals surface area contributed by atoms with Crippen molar-refractivity contribution in [3.05, 3.63) is 125 Å². The molecule has 3 aromatic carbocycles. The van der Waals surface area contributed by atoms with Crippen LogP contribution in [0.3, 0.4) is 0 Å². The number of furan rings is 1. The number of para-hydroxylation sites is 1. The van der Waals surface area contributed by atoms with Crippen molar-refractivity contribution in [3.8, 4) is 11.3 Å². The third-order valence-electron chi connectivity index (χ3n) is 5.92. The first-order chi connectivity index (χ1) is 17.0. The van der Waals surface area contributed by atoms with Crippen LogP contribution in [-0.4, -0.2) is 19.0 Å². The van der Waals surface area contributed by atoms with Gasteiger partial charge in [-0.15, -0.1) is 0 Å². The smallest absolute Gasteiger partial charge is 0.337 e. The van der Waals surface area contributed by atoms with Crippen LogP contribution in [0.5, 0.6) is 0 Å². The average Bonchev–Trinajstić information content (AvgIpc) is 3.49. The summed E-state index contributed by atoms with van der Waals surface area (Å²) in [6.07, 6.45) is 3.66. The van der Waals surface area contributed by atoms with Gasteiger partial charge in [0.25, 0.3) is 5.91 Å². The fourth-order valence-electron chi connectivity index (χ4n) is 4.12. The zero-order chi connectivity index (χ0) is 24.4. The van der Waals surface area contributed by atoms with Crippen LogP contribution in [0.15, 0.2) is 107 Å². The quantitative estimate of drug-likeness (QED) is 0.251. The van der Waals surface area contributed by atoms with E-state index in [0.29, 0.717) is 22.7 Å². The van der Waals surface area contributed by atoms with E-state index in [0.717, 1.165) is 28.1 Å². The third kappa shape index (κ3) is 4.32. The predicted molar refractivity (Wildman–Crippen MR) is 137 cm³/mol. The molecule has 5 heteroatoms. The van der Waals surface area contributed by atoms with E-state index >= 15 is 0 Å². The molecular weight excluding hydrogens is 438 g/mol. The van der Waals surface area contributed by atoms with Gasteiger partial charge in [0.2, 0.25) is 0 Å². The van der Waals surface area contributed by atoms with Crippen molar-refractivity contribution in [2.75, 3.05) is 12.0 Å². The van der Waals surface area contributed by atoms with Gasteiger partial charge in [-0.3, -0.25) is 9.69 Å². The van der Waals surface area contributed by atoms with E-state index in [1.807, 2.05) is 79.7 Å². The first-order valence-electron chi connectivity index (χ1n) is 11.2. The van der Waals surface area contributed by atoms with Crippen molar-refractivity contribution in [3.63, 3.8) is 0 Å². The molecule has 172 valence electrons. The molecular formula is C30H23NO4. The summed E-state index contributed by atoms with van der Waals surface area (Å²) in [6, 6.07) is 28.4. The van der Waals surface area contributed by atoms with Crippen molar-refractivity contribution in [1.29, 1.82) is 0 Å². The maximum atomic E-state index is 13.6. The maximum absolute atomic E-state index is 13.6. The number of hydrogen-bond acceptors (Lipinski definition) is 4. The number of methoxy groups -OCH3 is 1. The van der Waals surface area contributed by atoms with Crippen LogP contribution < -0.4 is 4.90 Å². The summed E-state index contributed by atoms with van der Waals surface area (Å²) < 4.78 is 10.8. The minimum atomic E-state index is -0.389. The Hall–Kier alpha value is -4.64. The summed E-state index contributed by atoms with van der Waals surface area (Å²) in [5.74, 6) is 0.705. The third-order valence-corrected chi connectivity index (χ3v) is 5.92. The number of rotatable bonds is 5. The highest BCUT2D eigenvalue weighted by molar-refractivity contribution is 6.23. The summed E-state index contributed by atoms with van der Waals surface area (Å²) in [5.41, 5.74) is 5.47. The molecule has 0 saturated heterocycles. The number of benzene rings is 3. The molecule has 2 heterocycles. The van der Waals surface area contributed by atoms with Gasteiger partial charge in [0.1, 0.15) is 11.5 Å². The molecule has 0 unspecified atom stereocenters. The molecule has 0 bridgehead atoms. The monoisotopic (exact) mass is 461 g/mol. The molecule has 0 radical (unpaired) electrons. The Labute approximate surface area is 203 Å². The normalized spacial score (nSPS) is 14.3. The van der Waals surface area contributed by atoms with Gasteiger partial charge in [-0.2, -0.15) is 0 Å². The van der Waals surface area contributed by atoms with Crippen LogP contribution in [-0.2, 0) is 9.53 Å². The molecule has 4 aromatic rings. The maximum Gasteiger partial charge on any atom is 0.337 e. The van der Waals surface area contributed by atoms with E-state index in [9.17, 15) is 9.59 Å². The lowest BCUT2D eigenvalue weighted by molar-refractivity contribution is -0.113. The largest absolute Gasteiger partial charge is 0.465 e. The fourth-order valence-corrected chi connectivity index (χ4v) is 4.12. The van der Waals surface area contributed by atoms with Gasteiger partial charge in [0.05, 0.1) is 24.1 Å². The molecule has 5 nitrogen and oxygen atoms in total. The molecule has 1 aliphatic heterocycles. The minimum Gasteiger partial charge on any atom is -0.465 e. The molecule has 5 rings (SSSR count). The lowest BCUT2D eigenvalue weighted by Gasteiger charge is -2.22. The van der Waals surface area contributed by atoms with E-state index in [1.165, 1.54) is 7.11 Å². The van der Waals surface area contributed by atoms with Gasteiger partial charge in [0.15, 0.2) is 0 Å². The highest BCUT2D eigenvalue weighted by Gasteiger charge is 2.31. The van der Waals surface area contributed by atoms with Crippen molar-refractivity contribution >= 4 is 29.3 Å². The van der Waals surface area contributed by atoms with E-state index in [-0.39, 0.29) is 11.9 Å². The number of nitrogens with zero attached hydrogens (tertiary/aromatic N) is 1. The highest BCUT2D eigenvalue weighted by atomic mass is 16.5. The Kier molecular flexibility index (Phi) is 5.90. The molecule has 1 amide bonds. The Morgan fingerprint density at radius 2 is 1.57 bits per heavy atom. The zero-order valence-electron chi connectivity index (χ0n) is 19.4. The van der Waals surface area contributed by atoms with Crippen LogP contribution in [0.25, 0.3) is 23.1 Å². The van der Waals surface area contributed by atoms with Gasteiger partial charge in [0, 0.05) is 11.1 Å². The van der Waals surface area contributed by atoms with Crippen LogP contribution in [0.2, 0.25) is 0 Å². The van der Waals surface area contributed by atoms with Gasteiger partial charge < -0.3 is 9.15 Å². The number of hydrogen-bond donors (Lipinski definition) is 0. The second kappa shape index (κ2) is 9.31. The van der Waals surface area contributed by atoms with Crippen LogP contribution >= 0.6 is 0 Å². The molecule has 0 atom stereocenters. The van der Waals surface area contributed by atoms with Gasteiger partial charge in [-0.1, -0.05) is 60.7 Å². The van der Waals surface area contributed by atoms with E-state index in [1.54, 1.807) is 35.2 Å². The van der Waals surface area contributed by atoms with E-state index < -0.39 is 0 Å². The first kappa shape index (κ1) is 22.2. The number of anilines is 1. The number of carbonyl (C=O) groups is 2. The lowest BCUT2D eigenvalue weighted by atomic mass is 10.1. The first-order valence-corrected chi connectivity index (χ1v) is 11.2. The summed E-state index contributed by atoms with van der Waals surface area (Å²) in [5, 5.41) is 0. The number of carbonyl (C=O) groups excluding carboxylic acids is 2. The zero-order valence-corrected chi connectivity index (χ0v) is 19.4. The topological polar surface area (TPSA) is 59.8 Å². The second-order valence-corrected chi connectivity index (χ2v) is 8.19. The summed E-state index contributed by atoms with van der Waals surface area (Å²) in [6.45, 7) is 2.00. The van der Waals surface area contributed by atoms with Crippen molar-refractivity contribution < 1.29 is 18.7 Å². The Balaban J connectivity index is 1.50. The number of ether oxygens (including phenoxy) is 1. The molecule has 0 aliphatic carbocycles. The van der Waals surface area contributed by atoms with Gasteiger partial charge >= 0.3 is 5.97 Å². The van der Waals surface area contributed by atoms with Crippen LogP contribution in [0.4, 0.5) is 5.69 Å². The lowest BCUT2D eigenvalue weighted by Crippen LogP contribution is -2.25. The molecule has 0 spiro atoms. The number of aryl methyl sites for hydroxylation is 1. The predicted octanol–water partition coefficient (Wildman–Crippen LogP) is 6.51. The second-order valence-electron chi connectivity index (χ2n) is 8.19.